The van der Waals surface area contributed by atoms with Gasteiger partial charge in [0.1, 0.15) is 11.5 Å². The number of hydrogen-bond donors (Lipinski definition) is 1. The average Bonchev–Trinajstić information content (AvgIpc) is 3.35. The Bertz CT molecular complexity index is 1060. The molecule has 6 nitrogen and oxygen atoms in total. The SMILES string of the molecule is O=C(O)CCCCCOc1cccc2c1CN(C(=O)c1ccc(-c3ccco3)cc1)CC2. The quantitative estimate of drug-likeness (QED) is 0.471. The molecule has 1 aromatic heterocycles. The molecule has 0 spiro atoms. The standard InChI is InChI=1S/C26H27NO5/c28-25(29)9-2-1-3-16-32-24-7-4-6-19-14-15-27(18-22(19)24)26(30)21-12-10-20(11-13-21)23-8-5-17-31-23/h4-8,10-13,17H,1-3,9,14-16,18H2,(H,28,29). The summed E-state index contributed by atoms with van der Waals surface area (Å²) in [6, 6.07) is 17.3. The molecule has 1 aliphatic heterocycles. The fourth-order valence-electron chi connectivity index (χ4n) is 4.00. The maximum absolute atomic E-state index is 13.1. The van der Waals surface area contributed by atoms with E-state index in [0.29, 0.717) is 31.7 Å². The number of carbonyl (C=O) groups excluding carboxylic acids is 1. The zero-order valence-corrected chi connectivity index (χ0v) is 18.0. The summed E-state index contributed by atoms with van der Waals surface area (Å²) in [7, 11) is 0. The van der Waals surface area contributed by atoms with E-state index in [1.165, 1.54) is 5.56 Å². The lowest BCUT2D eigenvalue weighted by atomic mass is 9.98. The van der Waals surface area contributed by atoms with E-state index >= 15 is 0 Å². The van der Waals surface area contributed by atoms with Gasteiger partial charge in [-0.05, 0) is 61.6 Å². The summed E-state index contributed by atoms with van der Waals surface area (Å²) in [6.07, 6.45) is 4.91. The van der Waals surface area contributed by atoms with E-state index in [0.717, 1.165) is 41.9 Å². The van der Waals surface area contributed by atoms with Crippen LogP contribution in [0.1, 0.15) is 47.2 Å². The van der Waals surface area contributed by atoms with Crippen LogP contribution < -0.4 is 4.74 Å². The number of unbranched alkanes of at least 4 members (excludes halogenated alkanes) is 2. The van der Waals surface area contributed by atoms with Crippen molar-refractivity contribution in [3.05, 3.63) is 77.6 Å². The molecule has 1 N–H and O–H groups in total. The number of fused-ring (bicyclic) bond motifs is 1. The number of carboxylic acids is 1. The predicted molar refractivity (Wildman–Crippen MR) is 121 cm³/mol. The molecule has 6 heteroatoms. The van der Waals surface area contributed by atoms with E-state index in [4.69, 9.17) is 14.3 Å². The van der Waals surface area contributed by atoms with Crippen LogP contribution in [-0.2, 0) is 17.8 Å². The molecule has 1 aliphatic rings. The fourth-order valence-corrected chi connectivity index (χ4v) is 4.00. The molecule has 166 valence electrons. The van der Waals surface area contributed by atoms with Gasteiger partial charge in [0.05, 0.1) is 12.9 Å². The van der Waals surface area contributed by atoms with Gasteiger partial charge in [-0.3, -0.25) is 9.59 Å². The monoisotopic (exact) mass is 433 g/mol. The van der Waals surface area contributed by atoms with Gasteiger partial charge in [0.25, 0.3) is 5.91 Å². The minimum Gasteiger partial charge on any atom is -0.493 e. The smallest absolute Gasteiger partial charge is 0.303 e. The van der Waals surface area contributed by atoms with Gasteiger partial charge in [0, 0.05) is 36.2 Å². The highest BCUT2D eigenvalue weighted by molar-refractivity contribution is 5.94. The third kappa shape index (κ3) is 5.19. The molecular formula is C26H27NO5. The summed E-state index contributed by atoms with van der Waals surface area (Å²) >= 11 is 0. The number of furan rings is 1. The van der Waals surface area contributed by atoms with E-state index in [1.807, 2.05) is 53.4 Å². The number of rotatable bonds is 9. The highest BCUT2D eigenvalue weighted by Crippen LogP contribution is 2.29. The molecule has 0 unspecified atom stereocenters. The van der Waals surface area contributed by atoms with Crippen LogP contribution in [-0.4, -0.2) is 35.0 Å². The number of hydrogen-bond acceptors (Lipinski definition) is 4. The molecule has 0 saturated carbocycles. The van der Waals surface area contributed by atoms with Crippen molar-refractivity contribution in [3.8, 4) is 17.1 Å². The van der Waals surface area contributed by atoms with Crippen molar-refractivity contribution in [1.82, 2.24) is 4.90 Å². The Morgan fingerprint density at radius 1 is 1.00 bits per heavy atom. The van der Waals surface area contributed by atoms with E-state index < -0.39 is 5.97 Å². The molecule has 0 saturated heterocycles. The van der Waals surface area contributed by atoms with Crippen molar-refractivity contribution in [1.29, 1.82) is 0 Å². The van der Waals surface area contributed by atoms with Crippen LogP contribution in [0.2, 0.25) is 0 Å². The van der Waals surface area contributed by atoms with E-state index in [-0.39, 0.29) is 12.3 Å². The Labute approximate surface area is 187 Å². The van der Waals surface area contributed by atoms with Gasteiger partial charge < -0.3 is 19.2 Å². The highest BCUT2D eigenvalue weighted by Gasteiger charge is 2.24. The molecule has 0 bridgehead atoms. The molecular weight excluding hydrogens is 406 g/mol. The Morgan fingerprint density at radius 2 is 1.84 bits per heavy atom. The van der Waals surface area contributed by atoms with Crippen LogP contribution >= 0.6 is 0 Å². The second kappa shape index (κ2) is 10.2. The summed E-state index contributed by atoms with van der Waals surface area (Å²) in [5.74, 6) is 0.834. The molecule has 0 radical (unpaired) electrons. The number of amides is 1. The number of ether oxygens (including phenoxy) is 1. The van der Waals surface area contributed by atoms with Crippen molar-refractivity contribution < 1.29 is 23.8 Å². The zero-order valence-electron chi connectivity index (χ0n) is 18.0. The van der Waals surface area contributed by atoms with E-state index in [9.17, 15) is 9.59 Å². The largest absolute Gasteiger partial charge is 0.493 e. The van der Waals surface area contributed by atoms with Crippen LogP contribution in [0.4, 0.5) is 0 Å². The number of nitrogens with zero attached hydrogens (tertiary/aromatic N) is 1. The number of carboxylic acid groups (broad SMARTS) is 1. The molecule has 32 heavy (non-hydrogen) atoms. The first-order chi connectivity index (χ1) is 15.6. The molecule has 3 aromatic rings. The van der Waals surface area contributed by atoms with Gasteiger partial charge in [0.2, 0.25) is 0 Å². The van der Waals surface area contributed by atoms with Crippen LogP contribution in [0.15, 0.2) is 65.3 Å². The molecule has 1 amide bonds. The second-order valence-corrected chi connectivity index (χ2v) is 7.98. The molecule has 0 fully saturated rings. The van der Waals surface area contributed by atoms with Gasteiger partial charge in [-0.25, -0.2) is 0 Å². The van der Waals surface area contributed by atoms with Crippen LogP contribution in [0, 0.1) is 0 Å². The molecule has 0 aliphatic carbocycles. The average molecular weight is 434 g/mol. The fraction of sp³-hybridized carbons (Fsp3) is 0.308. The Hall–Kier alpha value is -3.54. The van der Waals surface area contributed by atoms with E-state index in [2.05, 4.69) is 6.07 Å². The predicted octanol–water partition coefficient (Wildman–Crippen LogP) is 5.17. The molecule has 2 heterocycles. The van der Waals surface area contributed by atoms with Crippen LogP contribution in [0.5, 0.6) is 5.75 Å². The molecule has 2 aromatic carbocycles. The third-order valence-electron chi connectivity index (χ3n) is 5.75. The summed E-state index contributed by atoms with van der Waals surface area (Å²) in [5.41, 5.74) is 3.87. The van der Waals surface area contributed by atoms with Gasteiger partial charge in [-0.15, -0.1) is 0 Å². The highest BCUT2D eigenvalue weighted by atomic mass is 16.5. The van der Waals surface area contributed by atoms with Crippen molar-refractivity contribution >= 4 is 11.9 Å². The van der Waals surface area contributed by atoms with E-state index in [1.54, 1.807) is 6.26 Å². The Kier molecular flexibility index (Phi) is 6.90. The lowest BCUT2D eigenvalue weighted by Crippen LogP contribution is -2.36. The second-order valence-electron chi connectivity index (χ2n) is 7.98. The van der Waals surface area contributed by atoms with Crippen molar-refractivity contribution in [2.75, 3.05) is 13.2 Å². The van der Waals surface area contributed by atoms with Gasteiger partial charge in [0.15, 0.2) is 0 Å². The molecule has 0 atom stereocenters. The lowest BCUT2D eigenvalue weighted by Gasteiger charge is -2.30. The summed E-state index contributed by atoms with van der Waals surface area (Å²) in [4.78, 5) is 25.6. The van der Waals surface area contributed by atoms with Gasteiger partial charge >= 0.3 is 5.97 Å². The first kappa shape index (κ1) is 21.7. The normalized spacial score (nSPS) is 12.9. The first-order valence-electron chi connectivity index (χ1n) is 11.0. The maximum Gasteiger partial charge on any atom is 0.303 e. The number of aliphatic carboxylic acids is 1. The Balaban J connectivity index is 1.38. The summed E-state index contributed by atoms with van der Waals surface area (Å²) < 4.78 is 11.4. The minimum absolute atomic E-state index is 0.00474. The first-order valence-corrected chi connectivity index (χ1v) is 11.0. The summed E-state index contributed by atoms with van der Waals surface area (Å²) in [6.45, 7) is 1.73. The van der Waals surface area contributed by atoms with Crippen molar-refractivity contribution in [2.45, 2.75) is 38.6 Å². The maximum atomic E-state index is 13.1. The number of carbonyl (C=O) groups is 2. The van der Waals surface area contributed by atoms with Crippen molar-refractivity contribution in [3.63, 3.8) is 0 Å². The zero-order chi connectivity index (χ0) is 22.3. The summed E-state index contributed by atoms with van der Waals surface area (Å²) in [5, 5.41) is 8.72. The number of benzene rings is 2. The minimum atomic E-state index is -0.761. The Morgan fingerprint density at radius 3 is 2.59 bits per heavy atom. The van der Waals surface area contributed by atoms with Gasteiger partial charge in [-0.1, -0.05) is 24.3 Å². The topological polar surface area (TPSA) is 80.0 Å². The van der Waals surface area contributed by atoms with Crippen LogP contribution in [0.3, 0.4) is 0 Å². The van der Waals surface area contributed by atoms with Crippen molar-refractivity contribution in [2.24, 2.45) is 0 Å². The third-order valence-corrected chi connectivity index (χ3v) is 5.75. The van der Waals surface area contributed by atoms with Gasteiger partial charge in [-0.2, -0.15) is 0 Å². The molecule has 4 rings (SSSR count). The van der Waals surface area contributed by atoms with Crippen LogP contribution in [0.25, 0.3) is 11.3 Å². The lowest BCUT2D eigenvalue weighted by molar-refractivity contribution is -0.137.